The van der Waals surface area contributed by atoms with E-state index in [0.717, 1.165) is 19.3 Å². The molecule has 0 saturated heterocycles. The lowest BCUT2D eigenvalue weighted by atomic mass is 10.1. The fourth-order valence-electron chi connectivity index (χ4n) is 1.27. The maximum Gasteiger partial charge on any atom is 0.341 e. The molecular formula is C13H21BrO3. The quantitative estimate of drug-likeness (QED) is 0.173. The zero-order valence-electron chi connectivity index (χ0n) is 10.8. The molecule has 0 aromatic carbocycles. The molecule has 0 spiro atoms. The van der Waals surface area contributed by atoms with Gasteiger partial charge in [-0.05, 0) is 12.3 Å². The molecule has 0 aliphatic carbocycles. The number of hydrogen-bond acceptors (Lipinski definition) is 3. The summed E-state index contributed by atoms with van der Waals surface area (Å²) in [6, 6.07) is 0. The minimum absolute atomic E-state index is 0.148. The summed E-state index contributed by atoms with van der Waals surface area (Å²) in [5.41, 5.74) is 0.161. The molecular weight excluding hydrogens is 284 g/mol. The van der Waals surface area contributed by atoms with Gasteiger partial charge in [-0.2, -0.15) is 0 Å². The van der Waals surface area contributed by atoms with Crippen LogP contribution in [0.25, 0.3) is 0 Å². The topological polar surface area (TPSA) is 43.4 Å². The Labute approximate surface area is 112 Å². The first-order valence-electron chi connectivity index (χ1n) is 6.01. The average molecular weight is 305 g/mol. The summed E-state index contributed by atoms with van der Waals surface area (Å²) in [4.78, 5) is 23.3. The van der Waals surface area contributed by atoms with Crippen molar-refractivity contribution in [2.45, 2.75) is 40.0 Å². The molecule has 4 heteroatoms. The summed E-state index contributed by atoms with van der Waals surface area (Å²) in [6.07, 6.45) is 4.61. The van der Waals surface area contributed by atoms with Crippen molar-refractivity contribution in [3.63, 3.8) is 0 Å². The highest BCUT2D eigenvalue weighted by molar-refractivity contribution is 9.09. The molecule has 0 fully saturated rings. The molecule has 98 valence electrons. The van der Waals surface area contributed by atoms with Crippen molar-refractivity contribution in [1.82, 2.24) is 0 Å². The van der Waals surface area contributed by atoms with Gasteiger partial charge in [-0.25, -0.2) is 4.79 Å². The standard InChI is InChI=1S/C13H21BrO3/c1-4-5-6-7-17-13(16)11(8-10(2)3)12(15)9-14/h8,10H,4-7,9H2,1-3H3/b11-8-. The molecule has 0 radical (unpaired) electrons. The maximum absolute atomic E-state index is 11.7. The number of unbranched alkanes of at least 4 members (excludes halogenated alkanes) is 2. The van der Waals surface area contributed by atoms with Crippen molar-refractivity contribution >= 4 is 27.7 Å². The number of esters is 1. The van der Waals surface area contributed by atoms with Crippen LogP contribution >= 0.6 is 15.9 Å². The van der Waals surface area contributed by atoms with Crippen LogP contribution in [0.2, 0.25) is 0 Å². The molecule has 0 rings (SSSR count). The molecule has 0 aromatic heterocycles. The Morgan fingerprint density at radius 1 is 1.29 bits per heavy atom. The summed E-state index contributed by atoms with van der Waals surface area (Å²) >= 11 is 3.07. The SMILES string of the molecule is CCCCCOC(=O)/C(=C\C(C)C)C(=O)CBr. The zero-order chi connectivity index (χ0) is 13.3. The van der Waals surface area contributed by atoms with E-state index in [2.05, 4.69) is 22.9 Å². The smallest absolute Gasteiger partial charge is 0.341 e. The Kier molecular flexibility index (Phi) is 9.04. The van der Waals surface area contributed by atoms with Gasteiger partial charge in [-0.3, -0.25) is 4.79 Å². The predicted octanol–water partition coefficient (Wildman–Crippen LogP) is 3.27. The molecule has 0 N–H and O–H groups in total. The first-order valence-corrected chi connectivity index (χ1v) is 7.13. The Bertz CT molecular complexity index is 282. The number of carbonyl (C=O) groups is 2. The van der Waals surface area contributed by atoms with Crippen LogP contribution < -0.4 is 0 Å². The van der Waals surface area contributed by atoms with E-state index < -0.39 is 5.97 Å². The van der Waals surface area contributed by atoms with Gasteiger partial charge in [-0.1, -0.05) is 55.6 Å². The van der Waals surface area contributed by atoms with Gasteiger partial charge >= 0.3 is 5.97 Å². The summed E-state index contributed by atoms with van der Waals surface area (Å²) < 4.78 is 5.08. The monoisotopic (exact) mass is 304 g/mol. The Hall–Kier alpha value is -0.640. The summed E-state index contributed by atoms with van der Waals surface area (Å²) in [7, 11) is 0. The van der Waals surface area contributed by atoms with E-state index >= 15 is 0 Å². The third kappa shape index (κ3) is 7.31. The number of hydrogen-bond donors (Lipinski definition) is 0. The van der Waals surface area contributed by atoms with Crippen LogP contribution in [0.4, 0.5) is 0 Å². The van der Waals surface area contributed by atoms with Gasteiger partial charge in [0.2, 0.25) is 0 Å². The highest BCUT2D eigenvalue weighted by atomic mass is 79.9. The van der Waals surface area contributed by atoms with E-state index in [9.17, 15) is 9.59 Å². The summed E-state index contributed by atoms with van der Waals surface area (Å²) in [6.45, 7) is 6.32. The second-order valence-corrected chi connectivity index (χ2v) is 4.78. The maximum atomic E-state index is 11.7. The largest absolute Gasteiger partial charge is 0.462 e. The van der Waals surface area contributed by atoms with Crippen LogP contribution in [0.3, 0.4) is 0 Å². The van der Waals surface area contributed by atoms with Crippen LogP contribution in [0.15, 0.2) is 11.6 Å². The van der Waals surface area contributed by atoms with Crippen molar-refractivity contribution < 1.29 is 14.3 Å². The first-order chi connectivity index (χ1) is 8.02. The lowest BCUT2D eigenvalue weighted by Crippen LogP contribution is -2.18. The van der Waals surface area contributed by atoms with E-state index in [0.29, 0.717) is 6.61 Å². The molecule has 0 aliphatic heterocycles. The Balaban J connectivity index is 4.40. The van der Waals surface area contributed by atoms with E-state index in [-0.39, 0.29) is 22.6 Å². The molecule has 0 aliphatic rings. The minimum Gasteiger partial charge on any atom is -0.462 e. The highest BCUT2D eigenvalue weighted by Gasteiger charge is 2.18. The van der Waals surface area contributed by atoms with Crippen molar-refractivity contribution in [1.29, 1.82) is 0 Å². The first kappa shape index (κ1) is 16.4. The van der Waals surface area contributed by atoms with E-state index in [1.54, 1.807) is 6.08 Å². The average Bonchev–Trinajstić information content (AvgIpc) is 2.30. The van der Waals surface area contributed by atoms with Crippen molar-refractivity contribution in [2.75, 3.05) is 11.9 Å². The van der Waals surface area contributed by atoms with Crippen molar-refractivity contribution in [2.24, 2.45) is 5.92 Å². The van der Waals surface area contributed by atoms with Gasteiger partial charge in [0.1, 0.15) is 0 Å². The number of ketones is 1. The number of halogens is 1. The molecule has 0 bridgehead atoms. The normalized spacial score (nSPS) is 11.7. The van der Waals surface area contributed by atoms with Gasteiger partial charge in [0.25, 0.3) is 0 Å². The van der Waals surface area contributed by atoms with Gasteiger partial charge in [-0.15, -0.1) is 0 Å². The lowest BCUT2D eigenvalue weighted by molar-refractivity contribution is -0.140. The number of alkyl halides is 1. The van der Waals surface area contributed by atoms with Crippen LogP contribution in [-0.2, 0) is 14.3 Å². The van der Waals surface area contributed by atoms with E-state index in [4.69, 9.17) is 4.74 Å². The predicted molar refractivity (Wildman–Crippen MR) is 72.2 cm³/mol. The number of rotatable bonds is 8. The fourth-order valence-corrected chi connectivity index (χ4v) is 1.58. The van der Waals surface area contributed by atoms with Crippen LogP contribution in [-0.4, -0.2) is 23.7 Å². The van der Waals surface area contributed by atoms with Crippen LogP contribution in [0.1, 0.15) is 40.0 Å². The van der Waals surface area contributed by atoms with E-state index in [1.807, 2.05) is 13.8 Å². The van der Waals surface area contributed by atoms with Gasteiger partial charge in [0, 0.05) is 0 Å². The van der Waals surface area contributed by atoms with Crippen molar-refractivity contribution in [3.8, 4) is 0 Å². The molecule has 17 heavy (non-hydrogen) atoms. The molecule has 3 nitrogen and oxygen atoms in total. The third-order valence-electron chi connectivity index (χ3n) is 2.12. The Morgan fingerprint density at radius 2 is 1.94 bits per heavy atom. The summed E-state index contributed by atoms with van der Waals surface area (Å²) in [5, 5.41) is 0.148. The molecule has 0 saturated carbocycles. The fraction of sp³-hybridized carbons (Fsp3) is 0.692. The van der Waals surface area contributed by atoms with Crippen LogP contribution in [0, 0.1) is 5.92 Å². The number of Topliss-reactive ketones (excluding diaryl/α,β-unsaturated/α-hetero) is 1. The number of carbonyl (C=O) groups excluding carboxylic acids is 2. The summed E-state index contributed by atoms with van der Waals surface area (Å²) in [5.74, 6) is -0.574. The molecule has 0 amide bonds. The van der Waals surface area contributed by atoms with E-state index in [1.165, 1.54) is 0 Å². The Morgan fingerprint density at radius 3 is 2.41 bits per heavy atom. The second-order valence-electron chi connectivity index (χ2n) is 4.22. The zero-order valence-corrected chi connectivity index (χ0v) is 12.4. The van der Waals surface area contributed by atoms with Gasteiger partial charge in [0.05, 0.1) is 17.5 Å². The lowest BCUT2D eigenvalue weighted by Gasteiger charge is -2.07. The highest BCUT2D eigenvalue weighted by Crippen LogP contribution is 2.08. The molecule has 0 unspecified atom stereocenters. The third-order valence-corrected chi connectivity index (χ3v) is 2.63. The molecule has 0 aromatic rings. The van der Waals surface area contributed by atoms with Crippen LogP contribution in [0.5, 0.6) is 0 Å². The van der Waals surface area contributed by atoms with Gasteiger partial charge < -0.3 is 4.74 Å². The van der Waals surface area contributed by atoms with Gasteiger partial charge in [0.15, 0.2) is 5.78 Å². The number of allylic oxidation sites excluding steroid dienone is 1. The second kappa shape index (κ2) is 9.40. The number of ether oxygens (including phenoxy) is 1. The minimum atomic E-state index is -0.501. The van der Waals surface area contributed by atoms with Crippen molar-refractivity contribution in [3.05, 3.63) is 11.6 Å². The molecule has 0 heterocycles. The molecule has 0 atom stereocenters.